The van der Waals surface area contributed by atoms with Gasteiger partial charge in [0, 0.05) is 0 Å². The van der Waals surface area contributed by atoms with Gasteiger partial charge in [0.15, 0.2) is 0 Å². The van der Waals surface area contributed by atoms with Crippen LogP contribution in [0.3, 0.4) is 0 Å². The van der Waals surface area contributed by atoms with E-state index in [-0.39, 0.29) is 5.41 Å². The minimum absolute atomic E-state index is 0.0296. The number of hydrogen-bond donors (Lipinski definition) is 0. The van der Waals surface area contributed by atoms with Crippen molar-refractivity contribution in [1.29, 1.82) is 5.26 Å². The minimum atomic E-state index is -0.0296. The van der Waals surface area contributed by atoms with Gasteiger partial charge >= 0.3 is 0 Å². The normalized spacial score (nSPS) is 11.6. The Kier molecular flexibility index (Phi) is 3.65. The van der Waals surface area contributed by atoms with Crippen LogP contribution in [0.1, 0.15) is 57.2 Å². The topological polar surface area (TPSA) is 23.8 Å². The Morgan fingerprint density at radius 1 is 1.25 bits per heavy atom. The van der Waals surface area contributed by atoms with Crippen LogP contribution < -0.4 is 0 Å². The second-order valence-corrected chi connectivity index (χ2v) is 5.79. The lowest BCUT2D eigenvalue weighted by atomic mass is 9.84. The van der Waals surface area contributed by atoms with Gasteiger partial charge in [-0.3, -0.25) is 0 Å². The average Bonchev–Trinajstić information content (AvgIpc) is 2.14. The van der Waals surface area contributed by atoms with Gasteiger partial charge in [-0.25, -0.2) is 0 Å². The molecule has 0 aromatic heterocycles. The molecule has 0 atom stereocenters. The van der Waals surface area contributed by atoms with Crippen LogP contribution >= 0.6 is 11.6 Å². The molecule has 0 heterocycles. The molecule has 0 N–H and O–H groups in total. The van der Waals surface area contributed by atoms with Gasteiger partial charge in [0.2, 0.25) is 0 Å². The Morgan fingerprint density at radius 2 is 1.81 bits per heavy atom. The van der Waals surface area contributed by atoms with E-state index in [1.807, 2.05) is 12.1 Å². The average molecular weight is 236 g/mol. The molecule has 86 valence electrons. The molecule has 1 aromatic carbocycles. The Balaban J connectivity index is 3.49. The molecule has 0 amide bonds. The molecular formula is C14H18ClN. The predicted octanol–water partition coefficient (Wildman–Crippen LogP) is 4.63. The third-order valence-corrected chi connectivity index (χ3v) is 3.11. The van der Waals surface area contributed by atoms with Gasteiger partial charge in [-0.15, -0.1) is 0 Å². The first-order valence-corrected chi connectivity index (χ1v) is 5.89. The number of nitriles is 1. The number of benzene rings is 1. The summed E-state index contributed by atoms with van der Waals surface area (Å²) in [5.74, 6) is 0.321. The first-order valence-electron chi connectivity index (χ1n) is 5.52. The van der Waals surface area contributed by atoms with Gasteiger partial charge < -0.3 is 0 Å². The van der Waals surface area contributed by atoms with Crippen molar-refractivity contribution in [3.8, 4) is 6.07 Å². The van der Waals surface area contributed by atoms with Crippen molar-refractivity contribution >= 4 is 11.6 Å². The molecular weight excluding hydrogens is 218 g/mol. The minimum Gasteiger partial charge on any atom is -0.192 e. The largest absolute Gasteiger partial charge is 0.192 e. The second kappa shape index (κ2) is 4.47. The fraction of sp³-hybridized carbons (Fsp3) is 0.500. The second-order valence-electron chi connectivity index (χ2n) is 5.41. The summed E-state index contributed by atoms with van der Waals surface area (Å²) < 4.78 is 0. The summed E-state index contributed by atoms with van der Waals surface area (Å²) in [4.78, 5) is 0. The highest BCUT2D eigenvalue weighted by atomic mass is 35.5. The molecule has 16 heavy (non-hydrogen) atoms. The molecule has 0 aliphatic carbocycles. The zero-order valence-corrected chi connectivity index (χ0v) is 11.3. The van der Waals surface area contributed by atoms with Crippen molar-refractivity contribution in [2.24, 2.45) is 0 Å². The summed E-state index contributed by atoms with van der Waals surface area (Å²) >= 11 is 6.32. The maximum absolute atomic E-state index is 9.20. The smallest absolute Gasteiger partial charge is 0.101 e. The summed E-state index contributed by atoms with van der Waals surface area (Å²) in [6.45, 7) is 10.5. The van der Waals surface area contributed by atoms with Gasteiger partial charge in [0.25, 0.3) is 0 Å². The van der Waals surface area contributed by atoms with Gasteiger partial charge in [-0.05, 0) is 22.5 Å². The molecule has 1 rings (SSSR count). The molecule has 1 aromatic rings. The highest BCUT2D eigenvalue weighted by molar-refractivity contribution is 6.32. The maximum Gasteiger partial charge on any atom is 0.101 e. The molecule has 0 unspecified atom stereocenters. The van der Waals surface area contributed by atoms with Crippen LogP contribution in [0, 0.1) is 11.3 Å². The van der Waals surface area contributed by atoms with Gasteiger partial charge in [0.1, 0.15) is 6.07 Å². The summed E-state index contributed by atoms with van der Waals surface area (Å²) in [6.07, 6.45) is 0. The Labute approximate surface area is 103 Å². The molecule has 0 spiro atoms. The Hall–Kier alpha value is -1.00. The van der Waals surface area contributed by atoms with Crippen LogP contribution in [0.4, 0.5) is 0 Å². The zero-order valence-electron chi connectivity index (χ0n) is 10.6. The summed E-state index contributed by atoms with van der Waals surface area (Å²) in [5.41, 5.74) is 2.66. The van der Waals surface area contributed by atoms with Crippen molar-refractivity contribution < 1.29 is 0 Å². The molecule has 0 saturated carbocycles. The maximum atomic E-state index is 9.20. The number of halogens is 1. The van der Waals surface area contributed by atoms with E-state index >= 15 is 0 Å². The fourth-order valence-corrected chi connectivity index (χ4v) is 2.26. The summed E-state index contributed by atoms with van der Waals surface area (Å²) in [7, 11) is 0. The zero-order chi connectivity index (χ0) is 12.5. The van der Waals surface area contributed by atoms with Crippen LogP contribution in [0.15, 0.2) is 12.1 Å². The van der Waals surface area contributed by atoms with Gasteiger partial charge in [-0.1, -0.05) is 58.4 Å². The van der Waals surface area contributed by atoms with Crippen molar-refractivity contribution in [1.82, 2.24) is 0 Å². The van der Waals surface area contributed by atoms with Crippen LogP contribution in [0.25, 0.3) is 0 Å². The van der Waals surface area contributed by atoms with E-state index in [4.69, 9.17) is 11.6 Å². The number of hydrogen-bond acceptors (Lipinski definition) is 1. The molecule has 0 fully saturated rings. The molecule has 2 heteroatoms. The molecule has 0 radical (unpaired) electrons. The summed E-state index contributed by atoms with van der Waals surface area (Å²) in [6, 6.07) is 6.29. The van der Waals surface area contributed by atoms with Crippen molar-refractivity contribution in [3.05, 3.63) is 33.8 Å². The first kappa shape index (κ1) is 13.1. The number of rotatable bonds is 1. The van der Waals surface area contributed by atoms with E-state index in [0.717, 1.165) is 11.1 Å². The summed E-state index contributed by atoms with van der Waals surface area (Å²) in [5, 5.41) is 9.82. The lowest BCUT2D eigenvalue weighted by Crippen LogP contribution is -2.13. The van der Waals surface area contributed by atoms with Crippen LogP contribution in [-0.2, 0) is 5.41 Å². The van der Waals surface area contributed by atoms with Gasteiger partial charge in [0.05, 0.1) is 10.6 Å². The lowest BCUT2D eigenvalue weighted by molar-refractivity contribution is 0.589. The molecule has 1 nitrogen and oxygen atoms in total. The third kappa shape index (κ3) is 2.39. The van der Waals surface area contributed by atoms with E-state index in [1.54, 1.807) is 0 Å². The van der Waals surface area contributed by atoms with Crippen molar-refractivity contribution in [2.75, 3.05) is 0 Å². The van der Waals surface area contributed by atoms with Crippen LogP contribution in [0.2, 0.25) is 5.02 Å². The SMILES string of the molecule is CC(C)c1ccc(C(C)(C)C)c(Cl)c1C#N. The standard InChI is InChI=1S/C14H18ClN/c1-9(2)10-6-7-12(14(3,4)5)13(15)11(10)8-16/h6-7,9H,1-5H3. The number of nitrogens with zero attached hydrogens (tertiary/aromatic N) is 1. The van der Waals surface area contributed by atoms with E-state index in [9.17, 15) is 5.26 Å². The van der Waals surface area contributed by atoms with E-state index in [2.05, 4.69) is 40.7 Å². The molecule has 0 bridgehead atoms. The predicted molar refractivity (Wildman–Crippen MR) is 69.0 cm³/mol. The highest BCUT2D eigenvalue weighted by Crippen LogP contribution is 2.35. The monoisotopic (exact) mass is 235 g/mol. The fourth-order valence-electron chi connectivity index (χ4n) is 1.76. The quantitative estimate of drug-likeness (QED) is 0.696. The Bertz CT molecular complexity index is 433. The highest BCUT2D eigenvalue weighted by Gasteiger charge is 2.21. The molecule has 0 aliphatic rings. The lowest BCUT2D eigenvalue weighted by Gasteiger charge is -2.22. The van der Waals surface area contributed by atoms with Gasteiger partial charge in [-0.2, -0.15) is 5.26 Å². The third-order valence-electron chi connectivity index (χ3n) is 2.72. The first-order chi connectivity index (χ1) is 7.29. The molecule has 0 aliphatic heterocycles. The molecule has 0 saturated heterocycles. The van der Waals surface area contributed by atoms with Crippen molar-refractivity contribution in [2.45, 2.75) is 46.0 Å². The van der Waals surface area contributed by atoms with Crippen LogP contribution in [0.5, 0.6) is 0 Å². The van der Waals surface area contributed by atoms with Crippen LogP contribution in [-0.4, -0.2) is 0 Å². The van der Waals surface area contributed by atoms with E-state index < -0.39 is 0 Å². The van der Waals surface area contributed by atoms with E-state index in [0.29, 0.717) is 16.5 Å². The van der Waals surface area contributed by atoms with E-state index in [1.165, 1.54) is 0 Å². The Morgan fingerprint density at radius 3 is 2.19 bits per heavy atom. The van der Waals surface area contributed by atoms with Crippen molar-refractivity contribution in [3.63, 3.8) is 0 Å².